The Hall–Kier alpha value is -8.77. The molecule has 2 amide bonds. The number of sulfonamides is 1. The molecule has 18 heteroatoms. The zero-order chi connectivity index (χ0) is 51.2. The van der Waals surface area contributed by atoms with Crippen molar-refractivity contribution in [2.24, 2.45) is 0 Å². The Morgan fingerprint density at radius 1 is 0.806 bits per heavy atom. The van der Waals surface area contributed by atoms with Crippen LogP contribution < -0.4 is 35.3 Å². The van der Waals surface area contributed by atoms with E-state index in [0.29, 0.717) is 72.2 Å². The van der Waals surface area contributed by atoms with Crippen LogP contribution in [0.5, 0.6) is 0 Å². The molecule has 0 saturated carbocycles. The summed E-state index contributed by atoms with van der Waals surface area (Å²) in [6.07, 6.45) is 1.89. The Morgan fingerprint density at radius 3 is 2.28 bits per heavy atom. The van der Waals surface area contributed by atoms with Crippen molar-refractivity contribution in [3.63, 3.8) is 0 Å². The molecule has 0 bridgehead atoms. The number of carboxylic acids is 1. The van der Waals surface area contributed by atoms with E-state index in [4.69, 9.17) is 4.42 Å². The number of rotatable bonds is 14. The molecule has 0 radical (unpaired) electrons. The van der Waals surface area contributed by atoms with Gasteiger partial charge in [-0.2, -0.15) is 0 Å². The summed E-state index contributed by atoms with van der Waals surface area (Å²) in [6, 6.07) is 30.4. The molecule has 0 fully saturated rings. The highest BCUT2D eigenvalue weighted by Gasteiger charge is 2.26. The van der Waals surface area contributed by atoms with Crippen LogP contribution in [0.4, 0.5) is 25.8 Å². The van der Waals surface area contributed by atoms with Crippen LogP contribution in [-0.2, 0) is 14.8 Å². The molecule has 2 aromatic heterocycles. The van der Waals surface area contributed by atoms with Crippen molar-refractivity contribution in [3.05, 3.63) is 161 Å². The first kappa shape index (κ1) is 48.3. The average Bonchev–Trinajstić information content (AvgIpc) is 3.72. The molecule has 5 aromatic carbocycles. The topological polar surface area (TPSA) is 210 Å². The number of nitrogens with zero attached hydrogens (tertiary/aromatic N) is 3. The normalized spacial score (nSPS) is 11.5. The first-order chi connectivity index (χ1) is 34.4. The Labute approximate surface area is 410 Å². The van der Waals surface area contributed by atoms with Gasteiger partial charge in [0.25, 0.3) is 5.91 Å². The van der Waals surface area contributed by atoms with Gasteiger partial charge < -0.3 is 34.8 Å². The highest BCUT2D eigenvalue weighted by Crippen LogP contribution is 2.42. The van der Waals surface area contributed by atoms with E-state index in [2.05, 4.69) is 25.3 Å². The van der Waals surface area contributed by atoms with Crippen molar-refractivity contribution in [1.29, 1.82) is 0 Å². The first-order valence-corrected chi connectivity index (χ1v) is 24.2. The lowest BCUT2D eigenvalue weighted by Gasteiger charge is -2.20. The van der Waals surface area contributed by atoms with Gasteiger partial charge in [0.15, 0.2) is 11.6 Å². The molecule has 0 saturated heterocycles. The quantitative estimate of drug-likeness (QED) is 0.0482. The third-order valence-corrected chi connectivity index (χ3v) is 13.7. The molecule has 15 nitrogen and oxygen atoms in total. The Kier molecular flexibility index (Phi) is 12.9. The van der Waals surface area contributed by atoms with E-state index in [1.165, 1.54) is 24.3 Å². The van der Waals surface area contributed by atoms with Crippen molar-refractivity contribution in [1.82, 2.24) is 19.9 Å². The molecule has 364 valence electrons. The van der Waals surface area contributed by atoms with E-state index in [1.807, 2.05) is 80.1 Å². The van der Waals surface area contributed by atoms with E-state index in [1.54, 1.807) is 49.5 Å². The number of benzene rings is 6. The number of anilines is 3. The van der Waals surface area contributed by atoms with Gasteiger partial charge in [-0.1, -0.05) is 25.1 Å². The van der Waals surface area contributed by atoms with E-state index in [9.17, 15) is 32.7 Å². The minimum Gasteiger partial charge on any atom is -0.545 e. The van der Waals surface area contributed by atoms with Crippen LogP contribution >= 0.6 is 0 Å². The van der Waals surface area contributed by atoms with E-state index in [0.717, 1.165) is 23.2 Å². The Balaban J connectivity index is 0.904. The SMILES string of the molecule is CCCS(=O)(=O)Nc1ccc(F)c(C(=O)c2ccc3[nH]c4ncc(-c5ccc(NC(=O)CNC(=O)c6ccc(-c7c8ccc(=[N+](C)C)cc-8oc8cc(N(C)C)ccc78)c(C(=O)[O-])c6)cc5)cc4c3c2)c1F. The van der Waals surface area contributed by atoms with Gasteiger partial charge in [0.2, 0.25) is 21.3 Å². The standard InChI is InChI=1S/C54H45F2N7O8S/c1-6-21-72(69,70)61-44-20-18-42(55)49(50(44)56)51(65)30-10-19-43-39(22-30)40-24-32(27-57-52(40)60-43)29-7-11-33(12-8-29)59-47(64)28-58-53(66)31-9-15-36(41(23-31)54(67)68)48-37-16-13-34(62(2)3)25-45(37)71-46-26-35(63(4)5)14-17-38(46)48/h7-20,22-27,58,61H,6,21,28H2,1-5H3,(H2,66,67,68). The highest BCUT2D eigenvalue weighted by molar-refractivity contribution is 7.92. The zero-order valence-electron chi connectivity index (χ0n) is 39.4. The molecule has 9 rings (SSSR count). The van der Waals surface area contributed by atoms with Gasteiger partial charge in [-0.05, 0) is 96.4 Å². The number of amides is 2. The van der Waals surface area contributed by atoms with Crippen LogP contribution in [0, 0.1) is 11.6 Å². The average molecular weight is 990 g/mol. The smallest absolute Gasteiger partial charge is 0.251 e. The minimum absolute atomic E-state index is 0.000504. The van der Waals surface area contributed by atoms with Crippen LogP contribution in [0.1, 0.15) is 50.0 Å². The summed E-state index contributed by atoms with van der Waals surface area (Å²) >= 11 is 0. The van der Waals surface area contributed by atoms with Crippen LogP contribution in [0.2, 0.25) is 0 Å². The van der Waals surface area contributed by atoms with E-state index >= 15 is 8.78 Å². The lowest BCUT2D eigenvalue weighted by Crippen LogP contribution is -2.33. The molecule has 72 heavy (non-hydrogen) atoms. The second-order valence-corrected chi connectivity index (χ2v) is 19.4. The summed E-state index contributed by atoms with van der Waals surface area (Å²) < 4.78 is 65.6. The monoisotopic (exact) mass is 989 g/mol. The lowest BCUT2D eigenvalue weighted by molar-refractivity contribution is -0.255. The molecule has 4 N–H and O–H groups in total. The number of carbonyl (C=O) groups excluding carboxylic acids is 4. The van der Waals surface area contributed by atoms with Gasteiger partial charge in [0.1, 0.15) is 36.9 Å². The molecule has 0 atom stereocenters. The zero-order valence-corrected chi connectivity index (χ0v) is 40.3. The molecule has 1 aliphatic carbocycles. The fraction of sp³-hybridized carbons (Fsp3) is 0.148. The summed E-state index contributed by atoms with van der Waals surface area (Å²) in [5, 5.41) is 20.7. The summed E-state index contributed by atoms with van der Waals surface area (Å²) in [5.74, 6) is -5.96. The van der Waals surface area contributed by atoms with E-state index < -0.39 is 63.0 Å². The molecule has 7 aromatic rings. The molecule has 3 heterocycles. The van der Waals surface area contributed by atoms with Crippen molar-refractivity contribution < 1.29 is 45.9 Å². The van der Waals surface area contributed by atoms with Crippen LogP contribution in [0.3, 0.4) is 0 Å². The van der Waals surface area contributed by atoms with Gasteiger partial charge >= 0.3 is 0 Å². The Bertz CT molecular complexity index is 3860. The summed E-state index contributed by atoms with van der Waals surface area (Å²) in [4.78, 5) is 62.5. The summed E-state index contributed by atoms with van der Waals surface area (Å²) in [5.41, 5.74) is 4.12. The maximum atomic E-state index is 15.6. The molecule has 2 aliphatic rings. The predicted octanol–water partition coefficient (Wildman–Crippen LogP) is 7.39. The third kappa shape index (κ3) is 9.46. The van der Waals surface area contributed by atoms with Crippen LogP contribution in [0.15, 0.2) is 126 Å². The first-order valence-electron chi connectivity index (χ1n) is 22.6. The minimum atomic E-state index is -3.93. The predicted molar refractivity (Wildman–Crippen MR) is 272 cm³/mol. The number of aromatic carboxylic acids is 1. The molecular weight excluding hydrogens is 945 g/mol. The van der Waals surface area contributed by atoms with E-state index in [-0.39, 0.29) is 28.9 Å². The molecule has 0 spiro atoms. The highest BCUT2D eigenvalue weighted by atomic mass is 32.2. The number of hydrogen-bond donors (Lipinski definition) is 4. The van der Waals surface area contributed by atoms with Gasteiger partial charge in [0, 0.05) is 98.9 Å². The largest absolute Gasteiger partial charge is 0.545 e. The maximum absolute atomic E-state index is 15.6. The molecule has 0 unspecified atom stereocenters. The van der Waals surface area contributed by atoms with Gasteiger partial charge in [-0.3, -0.25) is 19.1 Å². The van der Waals surface area contributed by atoms with Crippen molar-refractivity contribution in [2.75, 3.05) is 55.4 Å². The number of fused-ring (bicyclic) bond motifs is 5. The number of aromatic amines is 1. The number of nitrogens with one attached hydrogen (secondary N) is 4. The van der Waals surface area contributed by atoms with Gasteiger partial charge in [0.05, 0.1) is 35.6 Å². The second kappa shape index (κ2) is 19.2. The number of carbonyl (C=O) groups is 4. The van der Waals surface area contributed by atoms with Gasteiger partial charge in [-0.15, -0.1) is 0 Å². The third-order valence-electron chi connectivity index (χ3n) is 12.2. The number of H-pyrrole nitrogens is 1. The fourth-order valence-electron chi connectivity index (χ4n) is 8.54. The van der Waals surface area contributed by atoms with Crippen molar-refractivity contribution in [3.8, 4) is 33.6 Å². The fourth-order valence-corrected chi connectivity index (χ4v) is 9.68. The molecule has 1 aliphatic heterocycles. The van der Waals surface area contributed by atoms with Crippen LogP contribution in [-0.4, -0.2) is 82.4 Å². The summed E-state index contributed by atoms with van der Waals surface area (Å²) in [6.45, 7) is 1.20. The number of pyridine rings is 1. The number of ketones is 1. The molecular formula is C54H45F2N7O8S. The maximum Gasteiger partial charge on any atom is 0.251 e. The lowest BCUT2D eigenvalue weighted by atomic mass is 9.89. The van der Waals surface area contributed by atoms with Gasteiger partial charge in [-0.25, -0.2) is 26.8 Å². The number of aromatic nitrogens is 2. The van der Waals surface area contributed by atoms with Crippen molar-refractivity contribution in [2.45, 2.75) is 13.3 Å². The summed E-state index contributed by atoms with van der Waals surface area (Å²) in [7, 11) is 3.68. The Morgan fingerprint density at radius 2 is 1.56 bits per heavy atom. The number of carboxylic acid groups (broad SMARTS) is 1. The second-order valence-electron chi connectivity index (χ2n) is 17.5. The van der Waals surface area contributed by atoms with Crippen molar-refractivity contribution >= 4 is 83.6 Å². The number of halogens is 2. The van der Waals surface area contributed by atoms with Crippen LogP contribution in [0.25, 0.3) is 66.5 Å². The number of hydrogen-bond acceptors (Lipinski definition) is 10.